The molecule has 1 aromatic heterocycles. The molecule has 7 nitrogen and oxygen atoms in total. The summed E-state index contributed by atoms with van der Waals surface area (Å²) >= 11 is 1.33. The largest absolute Gasteiger partial charge is 0.394 e. The van der Waals surface area contributed by atoms with E-state index in [9.17, 15) is 4.79 Å². The molecule has 2 rings (SSSR count). The Morgan fingerprint density at radius 1 is 1.67 bits per heavy atom. The van der Waals surface area contributed by atoms with Gasteiger partial charge in [0, 0.05) is 0 Å². The second-order valence-corrected chi connectivity index (χ2v) is 5.22. The lowest BCUT2D eigenvalue weighted by atomic mass is 10.2. The first-order valence-electron chi connectivity index (χ1n) is 6.05. The average Bonchev–Trinajstić information content (AvgIpc) is 3.12. The number of carbonyl (C=O) groups excluding carboxylic acids is 1. The number of carbonyl (C=O) groups is 1. The second-order valence-electron chi connectivity index (χ2n) is 4.28. The van der Waals surface area contributed by atoms with Crippen LogP contribution in [-0.4, -0.2) is 49.6 Å². The molecule has 0 spiro atoms. The van der Waals surface area contributed by atoms with Crippen molar-refractivity contribution >= 4 is 17.7 Å². The Labute approximate surface area is 109 Å². The standard InChI is InChI=1S/C10H17N5O2S/c1-2-7(5-16)11-9(17)6-18-10-12-13-14-15(10)8-3-4-8/h7-8,16H,2-6H2,1H3,(H,11,17). The number of aromatic nitrogens is 4. The van der Waals surface area contributed by atoms with Gasteiger partial charge in [-0.1, -0.05) is 18.7 Å². The molecular weight excluding hydrogens is 254 g/mol. The molecule has 2 N–H and O–H groups in total. The van der Waals surface area contributed by atoms with E-state index in [1.807, 2.05) is 6.92 Å². The molecule has 1 atom stereocenters. The summed E-state index contributed by atoms with van der Waals surface area (Å²) in [6.07, 6.45) is 2.92. The minimum Gasteiger partial charge on any atom is -0.394 e. The van der Waals surface area contributed by atoms with Crippen molar-refractivity contribution in [2.24, 2.45) is 0 Å². The molecule has 0 aliphatic heterocycles. The van der Waals surface area contributed by atoms with Gasteiger partial charge in [0.25, 0.3) is 0 Å². The summed E-state index contributed by atoms with van der Waals surface area (Å²) in [4.78, 5) is 11.6. The third-order valence-electron chi connectivity index (χ3n) is 2.77. The molecule has 1 aromatic rings. The third kappa shape index (κ3) is 3.42. The molecule has 1 aliphatic rings. The molecule has 1 saturated carbocycles. The number of thioether (sulfide) groups is 1. The quantitative estimate of drug-likeness (QED) is 0.677. The van der Waals surface area contributed by atoms with Gasteiger partial charge in [0.2, 0.25) is 11.1 Å². The van der Waals surface area contributed by atoms with Crippen LogP contribution in [0.2, 0.25) is 0 Å². The highest BCUT2D eigenvalue weighted by atomic mass is 32.2. The minimum atomic E-state index is -0.169. The van der Waals surface area contributed by atoms with Crippen molar-refractivity contribution < 1.29 is 9.90 Å². The van der Waals surface area contributed by atoms with Gasteiger partial charge in [0.1, 0.15) is 0 Å². The highest BCUT2D eigenvalue weighted by molar-refractivity contribution is 7.99. The Hall–Kier alpha value is -1.15. The second kappa shape index (κ2) is 6.14. The van der Waals surface area contributed by atoms with Gasteiger partial charge in [-0.05, 0) is 29.7 Å². The smallest absolute Gasteiger partial charge is 0.230 e. The van der Waals surface area contributed by atoms with Gasteiger partial charge in [-0.25, -0.2) is 4.68 Å². The van der Waals surface area contributed by atoms with Crippen LogP contribution >= 0.6 is 11.8 Å². The fourth-order valence-electron chi connectivity index (χ4n) is 1.50. The summed E-state index contributed by atoms with van der Waals surface area (Å²) in [5, 5.41) is 23.9. The van der Waals surface area contributed by atoms with Crippen LogP contribution in [-0.2, 0) is 4.79 Å². The van der Waals surface area contributed by atoms with Gasteiger partial charge in [-0.15, -0.1) is 5.10 Å². The van der Waals surface area contributed by atoms with Gasteiger partial charge in [-0.3, -0.25) is 4.79 Å². The monoisotopic (exact) mass is 271 g/mol. The maximum atomic E-state index is 11.6. The molecule has 18 heavy (non-hydrogen) atoms. The number of rotatable bonds is 7. The lowest BCUT2D eigenvalue weighted by molar-refractivity contribution is -0.119. The maximum absolute atomic E-state index is 11.6. The first-order valence-corrected chi connectivity index (χ1v) is 7.04. The number of nitrogens with one attached hydrogen (secondary N) is 1. The van der Waals surface area contributed by atoms with Crippen LogP contribution in [0.25, 0.3) is 0 Å². The molecule has 1 unspecified atom stereocenters. The van der Waals surface area contributed by atoms with Gasteiger partial charge >= 0.3 is 0 Å². The number of hydrogen-bond acceptors (Lipinski definition) is 6. The Kier molecular flexibility index (Phi) is 4.54. The predicted octanol–water partition coefficient (Wildman–Crippen LogP) is -0.0128. The molecule has 1 fully saturated rings. The van der Waals surface area contributed by atoms with E-state index in [0.29, 0.717) is 17.6 Å². The zero-order valence-electron chi connectivity index (χ0n) is 10.2. The molecule has 0 aromatic carbocycles. The van der Waals surface area contributed by atoms with Crippen LogP contribution in [0.5, 0.6) is 0 Å². The Morgan fingerprint density at radius 3 is 3.06 bits per heavy atom. The van der Waals surface area contributed by atoms with E-state index >= 15 is 0 Å². The fourth-order valence-corrected chi connectivity index (χ4v) is 2.26. The van der Waals surface area contributed by atoms with E-state index < -0.39 is 0 Å². The Balaban J connectivity index is 1.80. The normalized spacial score (nSPS) is 16.6. The van der Waals surface area contributed by atoms with Gasteiger partial charge in [0.15, 0.2) is 0 Å². The summed E-state index contributed by atoms with van der Waals surface area (Å²) in [7, 11) is 0. The van der Waals surface area contributed by atoms with Crippen LogP contribution in [0.4, 0.5) is 0 Å². The molecule has 100 valence electrons. The maximum Gasteiger partial charge on any atom is 0.230 e. The number of nitrogens with zero attached hydrogens (tertiary/aromatic N) is 4. The average molecular weight is 271 g/mol. The molecule has 1 heterocycles. The zero-order chi connectivity index (χ0) is 13.0. The number of aliphatic hydroxyl groups is 1. The van der Waals surface area contributed by atoms with Crippen LogP contribution in [0, 0.1) is 0 Å². The van der Waals surface area contributed by atoms with Crippen molar-refractivity contribution in [3.8, 4) is 0 Å². The van der Waals surface area contributed by atoms with Gasteiger partial charge < -0.3 is 10.4 Å². The van der Waals surface area contributed by atoms with E-state index in [1.165, 1.54) is 11.8 Å². The van der Waals surface area contributed by atoms with Crippen molar-refractivity contribution in [3.63, 3.8) is 0 Å². The summed E-state index contributed by atoms with van der Waals surface area (Å²) in [6, 6.07) is 0.240. The predicted molar refractivity (Wildman–Crippen MR) is 66.1 cm³/mol. The number of aliphatic hydroxyl groups excluding tert-OH is 1. The first kappa shape index (κ1) is 13.3. The summed E-state index contributed by atoms with van der Waals surface area (Å²) in [5.74, 6) is 0.162. The Bertz CT molecular complexity index is 403. The van der Waals surface area contributed by atoms with Gasteiger partial charge in [0.05, 0.1) is 24.4 Å². The lowest BCUT2D eigenvalue weighted by Gasteiger charge is -2.13. The van der Waals surface area contributed by atoms with Crippen molar-refractivity contribution in [3.05, 3.63) is 0 Å². The van der Waals surface area contributed by atoms with Crippen molar-refractivity contribution in [2.75, 3.05) is 12.4 Å². The highest BCUT2D eigenvalue weighted by Gasteiger charge is 2.28. The topological polar surface area (TPSA) is 92.9 Å². The minimum absolute atomic E-state index is 0.0350. The number of tetrazole rings is 1. The van der Waals surface area contributed by atoms with Crippen LogP contribution < -0.4 is 5.32 Å². The SMILES string of the molecule is CCC(CO)NC(=O)CSc1nnnn1C1CC1. The Morgan fingerprint density at radius 2 is 2.44 bits per heavy atom. The van der Waals surface area contributed by atoms with Crippen LogP contribution in [0.15, 0.2) is 5.16 Å². The molecule has 1 aliphatic carbocycles. The van der Waals surface area contributed by atoms with Crippen LogP contribution in [0.1, 0.15) is 32.2 Å². The molecule has 1 amide bonds. The van der Waals surface area contributed by atoms with E-state index in [1.54, 1.807) is 4.68 Å². The van der Waals surface area contributed by atoms with Gasteiger partial charge in [-0.2, -0.15) is 0 Å². The van der Waals surface area contributed by atoms with Crippen molar-refractivity contribution in [1.29, 1.82) is 0 Å². The molecule has 0 saturated heterocycles. The molecule has 0 bridgehead atoms. The summed E-state index contributed by atoms with van der Waals surface area (Å²) in [6.45, 7) is 1.88. The third-order valence-corrected chi connectivity index (χ3v) is 3.70. The summed E-state index contributed by atoms with van der Waals surface area (Å²) in [5.41, 5.74) is 0. The van der Waals surface area contributed by atoms with Crippen LogP contribution in [0.3, 0.4) is 0 Å². The van der Waals surface area contributed by atoms with E-state index in [4.69, 9.17) is 5.11 Å². The molecular formula is C10H17N5O2S. The summed E-state index contributed by atoms with van der Waals surface area (Å²) < 4.78 is 1.78. The zero-order valence-corrected chi connectivity index (χ0v) is 11.1. The van der Waals surface area contributed by atoms with E-state index in [0.717, 1.165) is 12.8 Å². The van der Waals surface area contributed by atoms with E-state index in [-0.39, 0.29) is 24.3 Å². The molecule has 0 radical (unpaired) electrons. The van der Waals surface area contributed by atoms with Crippen molar-refractivity contribution in [2.45, 2.75) is 43.4 Å². The highest BCUT2D eigenvalue weighted by Crippen LogP contribution is 2.36. The number of amides is 1. The molecule has 8 heteroatoms. The van der Waals surface area contributed by atoms with E-state index in [2.05, 4.69) is 20.8 Å². The first-order chi connectivity index (χ1) is 8.74. The lowest BCUT2D eigenvalue weighted by Crippen LogP contribution is -2.38. The van der Waals surface area contributed by atoms with Crippen molar-refractivity contribution in [1.82, 2.24) is 25.5 Å². The number of hydrogen-bond donors (Lipinski definition) is 2. The fraction of sp³-hybridized carbons (Fsp3) is 0.800.